The van der Waals surface area contributed by atoms with Crippen LogP contribution in [-0.2, 0) is 0 Å². The van der Waals surface area contributed by atoms with Gasteiger partial charge in [0.25, 0.3) is 0 Å². The lowest BCUT2D eigenvalue weighted by Gasteiger charge is -2.14. The fraction of sp³-hybridized carbons (Fsp3) is 0.417. The van der Waals surface area contributed by atoms with Crippen molar-refractivity contribution in [2.24, 2.45) is 5.73 Å². The number of nitrogens with two attached hydrogens (primary N) is 1. The van der Waals surface area contributed by atoms with E-state index < -0.39 is 5.82 Å². The molecule has 4 heteroatoms. The number of rotatable bonds is 3. The second kappa shape index (κ2) is 4.78. The Morgan fingerprint density at radius 3 is 2.62 bits per heavy atom. The minimum absolute atomic E-state index is 0.158. The highest BCUT2D eigenvalue weighted by Gasteiger charge is 2.18. The largest absolute Gasteiger partial charge is 0.487 e. The van der Waals surface area contributed by atoms with Crippen molar-refractivity contribution in [3.63, 3.8) is 0 Å². The van der Waals surface area contributed by atoms with Crippen LogP contribution in [0.1, 0.15) is 31.2 Å². The fourth-order valence-electron chi connectivity index (χ4n) is 1.94. The van der Waals surface area contributed by atoms with Crippen LogP contribution in [0.5, 0.6) is 5.75 Å². The molecular weight excluding hydrogens is 225 g/mol. The monoisotopic (exact) mass is 239 g/mol. The zero-order valence-electron chi connectivity index (χ0n) is 8.91. The van der Waals surface area contributed by atoms with Gasteiger partial charge in [-0.3, -0.25) is 0 Å². The van der Waals surface area contributed by atoms with Crippen LogP contribution in [0.15, 0.2) is 18.2 Å². The first-order valence-electron chi connectivity index (χ1n) is 5.43. The van der Waals surface area contributed by atoms with Crippen molar-refractivity contribution in [2.45, 2.75) is 31.8 Å². The van der Waals surface area contributed by atoms with Crippen molar-refractivity contribution in [3.8, 4) is 5.75 Å². The predicted molar refractivity (Wildman–Crippen MR) is 65.2 cm³/mol. The lowest BCUT2D eigenvalue weighted by Crippen LogP contribution is -2.13. The molecule has 16 heavy (non-hydrogen) atoms. The summed E-state index contributed by atoms with van der Waals surface area (Å²) in [4.78, 5) is 0.200. The number of hydrogen-bond donors (Lipinski definition) is 1. The van der Waals surface area contributed by atoms with Gasteiger partial charge < -0.3 is 10.5 Å². The highest BCUT2D eigenvalue weighted by molar-refractivity contribution is 7.80. The van der Waals surface area contributed by atoms with E-state index in [2.05, 4.69) is 0 Å². The van der Waals surface area contributed by atoms with Crippen molar-refractivity contribution >= 4 is 17.2 Å². The van der Waals surface area contributed by atoms with Gasteiger partial charge in [-0.05, 0) is 43.9 Å². The maximum atomic E-state index is 13.6. The Balaban J connectivity index is 2.12. The highest BCUT2D eigenvalue weighted by atomic mass is 32.1. The van der Waals surface area contributed by atoms with Crippen LogP contribution in [0, 0.1) is 5.82 Å². The van der Waals surface area contributed by atoms with Gasteiger partial charge in [-0.2, -0.15) is 0 Å². The average Bonchev–Trinajstić information content (AvgIpc) is 2.73. The Kier molecular flexibility index (Phi) is 3.39. The van der Waals surface area contributed by atoms with Gasteiger partial charge in [0.05, 0.1) is 6.10 Å². The van der Waals surface area contributed by atoms with Gasteiger partial charge in [-0.1, -0.05) is 12.2 Å². The Morgan fingerprint density at radius 2 is 2.06 bits per heavy atom. The molecular formula is C12H14FNOS. The van der Waals surface area contributed by atoms with Crippen LogP contribution < -0.4 is 10.5 Å². The maximum absolute atomic E-state index is 13.6. The van der Waals surface area contributed by atoms with Crippen LogP contribution in [0.25, 0.3) is 0 Å². The molecule has 1 aromatic carbocycles. The molecule has 0 aromatic heterocycles. The van der Waals surface area contributed by atoms with Crippen LogP contribution in [0.2, 0.25) is 0 Å². The van der Waals surface area contributed by atoms with Gasteiger partial charge in [0, 0.05) is 5.56 Å². The first-order chi connectivity index (χ1) is 7.66. The number of ether oxygens (including phenoxy) is 1. The predicted octanol–water partition coefficient (Wildman–Crippen LogP) is 2.78. The molecule has 0 heterocycles. The molecule has 2 rings (SSSR count). The first kappa shape index (κ1) is 11.3. The van der Waals surface area contributed by atoms with Crippen molar-refractivity contribution in [2.75, 3.05) is 0 Å². The minimum Gasteiger partial charge on any atom is -0.487 e. The smallest absolute Gasteiger partial charge is 0.165 e. The molecule has 86 valence electrons. The molecule has 2 N–H and O–H groups in total. The maximum Gasteiger partial charge on any atom is 0.165 e. The fourth-order valence-corrected chi connectivity index (χ4v) is 2.06. The summed E-state index contributed by atoms with van der Waals surface area (Å²) in [6.07, 6.45) is 4.51. The third-order valence-electron chi connectivity index (χ3n) is 2.81. The van der Waals surface area contributed by atoms with E-state index in [9.17, 15) is 4.39 Å². The number of thiocarbonyl (C=S) groups is 1. The van der Waals surface area contributed by atoms with Crippen LogP contribution in [0.4, 0.5) is 4.39 Å². The summed E-state index contributed by atoms with van der Waals surface area (Å²) in [5.41, 5.74) is 5.95. The lowest BCUT2D eigenvalue weighted by atomic mass is 10.2. The molecule has 1 aliphatic rings. The van der Waals surface area contributed by atoms with E-state index in [1.807, 2.05) is 0 Å². The molecule has 0 spiro atoms. The second-order valence-electron chi connectivity index (χ2n) is 4.03. The van der Waals surface area contributed by atoms with Gasteiger partial charge in [-0.15, -0.1) is 0 Å². The standard InChI is InChI=1S/C12H14FNOS/c13-10-7-8(12(14)16)5-6-11(10)15-9-3-1-2-4-9/h5-7,9H,1-4H2,(H2,14,16). The zero-order chi connectivity index (χ0) is 11.5. The summed E-state index contributed by atoms with van der Waals surface area (Å²) >= 11 is 4.78. The molecule has 0 atom stereocenters. The SMILES string of the molecule is NC(=S)c1ccc(OC2CCCC2)c(F)c1. The zero-order valence-corrected chi connectivity index (χ0v) is 9.73. The molecule has 0 amide bonds. The average molecular weight is 239 g/mol. The normalized spacial score (nSPS) is 16.3. The van der Waals surface area contributed by atoms with Crippen LogP contribution in [0.3, 0.4) is 0 Å². The quantitative estimate of drug-likeness (QED) is 0.824. The van der Waals surface area contributed by atoms with E-state index in [-0.39, 0.29) is 11.1 Å². The Hall–Kier alpha value is -1.16. The van der Waals surface area contributed by atoms with Crippen LogP contribution in [-0.4, -0.2) is 11.1 Å². The third kappa shape index (κ3) is 2.50. The Bertz CT molecular complexity index is 402. The van der Waals surface area contributed by atoms with E-state index >= 15 is 0 Å². The van der Waals surface area contributed by atoms with E-state index in [0.29, 0.717) is 11.3 Å². The number of hydrogen-bond acceptors (Lipinski definition) is 2. The molecule has 2 nitrogen and oxygen atoms in total. The van der Waals surface area contributed by atoms with Crippen molar-refractivity contribution < 1.29 is 9.13 Å². The van der Waals surface area contributed by atoms with E-state index in [1.165, 1.54) is 6.07 Å². The minimum atomic E-state index is -0.391. The van der Waals surface area contributed by atoms with E-state index in [0.717, 1.165) is 25.7 Å². The van der Waals surface area contributed by atoms with Gasteiger partial charge in [0.15, 0.2) is 11.6 Å². The summed E-state index contributed by atoms with van der Waals surface area (Å²) in [5, 5.41) is 0. The summed E-state index contributed by atoms with van der Waals surface area (Å²) in [6, 6.07) is 4.62. The lowest BCUT2D eigenvalue weighted by molar-refractivity contribution is 0.200. The second-order valence-corrected chi connectivity index (χ2v) is 4.47. The molecule has 0 saturated heterocycles. The van der Waals surface area contributed by atoms with Gasteiger partial charge >= 0.3 is 0 Å². The summed E-state index contributed by atoms with van der Waals surface area (Å²) in [5.74, 6) is -0.0934. The molecule has 1 saturated carbocycles. The summed E-state index contributed by atoms with van der Waals surface area (Å²) in [7, 11) is 0. The summed E-state index contributed by atoms with van der Waals surface area (Å²) in [6.45, 7) is 0. The molecule has 1 fully saturated rings. The van der Waals surface area contributed by atoms with Gasteiger partial charge in [0.2, 0.25) is 0 Å². The van der Waals surface area contributed by atoms with Gasteiger partial charge in [-0.25, -0.2) is 4.39 Å². The molecule has 0 radical (unpaired) electrons. The molecule has 0 aliphatic heterocycles. The Labute approximate surface area is 99.6 Å². The number of halogens is 1. The third-order valence-corrected chi connectivity index (χ3v) is 3.05. The summed E-state index contributed by atoms with van der Waals surface area (Å²) < 4.78 is 19.2. The molecule has 0 bridgehead atoms. The Morgan fingerprint density at radius 1 is 1.38 bits per heavy atom. The molecule has 0 unspecified atom stereocenters. The van der Waals surface area contributed by atoms with Crippen LogP contribution >= 0.6 is 12.2 Å². The highest BCUT2D eigenvalue weighted by Crippen LogP contribution is 2.26. The molecule has 1 aliphatic carbocycles. The van der Waals surface area contributed by atoms with Crippen molar-refractivity contribution in [3.05, 3.63) is 29.6 Å². The van der Waals surface area contributed by atoms with Crippen molar-refractivity contribution in [1.29, 1.82) is 0 Å². The topological polar surface area (TPSA) is 35.2 Å². The van der Waals surface area contributed by atoms with E-state index in [4.69, 9.17) is 22.7 Å². The van der Waals surface area contributed by atoms with Crippen molar-refractivity contribution in [1.82, 2.24) is 0 Å². The van der Waals surface area contributed by atoms with Gasteiger partial charge in [0.1, 0.15) is 4.99 Å². The number of benzene rings is 1. The van der Waals surface area contributed by atoms with E-state index in [1.54, 1.807) is 12.1 Å². The molecule has 1 aromatic rings. The first-order valence-corrected chi connectivity index (χ1v) is 5.83.